The molecule has 0 aliphatic heterocycles. The molecule has 0 bridgehead atoms. The minimum atomic E-state index is -1.03. The number of rotatable bonds is 2. The summed E-state index contributed by atoms with van der Waals surface area (Å²) in [5.41, 5.74) is 9.70. The second-order valence-corrected chi connectivity index (χ2v) is 2.64. The monoisotopic (exact) mass is 242 g/mol. The van der Waals surface area contributed by atoms with E-state index in [2.05, 4.69) is 16.6 Å². The van der Waals surface area contributed by atoms with Gasteiger partial charge in [-0.1, -0.05) is 11.8 Å². The summed E-state index contributed by atoms with van der Waals surface area (Å²) >= 11 is 0. The van der Waals surface area contributed by atoms with Crippen LogP contribution in [0, 0.1) is 11.8 Å². The Hall–Kier alpha value is -0.470. The second-order valence-electron chi connectivity index (χ2n) is 2.64. The summed E-state index contributed by atoms with van der Waals surface area (Å²) in [6, 6.07) is 0. The van der Waals surface area contributed by atoms with Gasteiger partial charge in [0.05, 0.1) is 13.7 Å². The Labute approximate surface area is 96.6 Å². The Morgan fingerprint density at radius 3 is 2.29 bits per heavy atom. The van der Waals surface area contributed by atoms with Crippen molar-refractivity contribution in [2.24, 2.45) is 11.5 Å². The summed E-state index contributed by atoms with van der Waals surface area (Å²) in [7, 11) is 1.30. The highest BCUT2D eigenvalue weighted by Gasteiger charge is 2.27. The fourth-order valence-electron chi connectivity index (χ4n) is 0.624. The van der Waals surface area contributed by atoms with Crippen LogP contribution in [0.15, 0.2) is 0 Å². The summed E-state index contributed by atoms with van der Waals surface area (Å²) in [6.45, 7) is 1.85. The molecule has 0 radical (unpaired) electrons. The first kappa shape index (κ1) is 19.2. The highest BCUT2D eigenvalue weighted by atomic mass is 35.5. The van der Waals surface area contributed by atoms with Gasteiger partial charge in [0.25, 0.3) is 0 Å². The Balaban J connectivity index is -0.000000605. The molecule has 0 saturated carbocycles. The number of ether oxygens (including phenoxy) is 1. The van der Waals surface area contributed by atoms with E-state index in [1.165, 1.54) is 7.11 Å². The maximum absolute atomic E-state index is 11.0. The molecule has 1 atom stereocenters. The van der Waals surface area contributed by atoms with Crippen LogP contribution in [0.4, 0.5) is 0 Å². The Morgan fingerprint density at radius 2 is 1.93 bits per heavy atom. The number of methoxy groups -OCH3 is 1. The largest absolute Gasteiger partial charge is 0.468 e. The fourth-order valence-corrected chi connectivity index (χ4v) is 0.624. The van der Waals surface area contributed by atoms with Gasteiger partial charge < -0.3 is 16.2 Å². The third-order valence-corrected chi connectivity index (χ3v) is 1.33. The van der Waals surface area contributed by atoms with Gasteiger partial charge in [0.2, 0.25) is 0 Å². The normalized spacial score (nSPS) is 12.0. The molecular weight excluding hydrogens is 227 g/mol. The van der Waals surface area contributed by atoms with Gasteiger partial charge in [-0.05, 0) is 6.92 Å². The summed E-state index contributed by atoms with van der Waals surface area (Å²) < 4.78 is 4.48. The lowest BCUT2D eigenvalue weighted by molar-refractivity contribution is -0.146. The van der Waals surface area contributed by atoms with E-state index in [1.54, 1.807) is 6.92 Å². The second kappa shape index (κ2) is 9.10. The number of carbonyl (C=O) groups excluding carboxylic acids is 1. The average molecular weight is 243 g/mol. The lowest BCUT2D eigenvalue weighted by Crippen LogP contribution is -2.45. The predicted molar refractivity (Wildman–Crippen MR) is 60.6 cm³/mol. The Morgan fingerprint density at radius 1 is 1.43 bits per heavy atom. The smallest absolute Gasteiger partial charge is 0.326 e. The van der Waals surface area contributed by atoms with Crippen LogP contribution in [-0.4, -0.2) is 25.2 Å². The molecule has 6 heteroatoms. The first-order chi connectivity index (χ1) is 5.54. The maximum atomic E-state index is 11.0. The zero-order valence-electron chi connectivity index (χ0n) is 8.20. The number of hydrogen-bond acceptors (Lipinski definition) is 4. The molecule has 0 aliphatic rings. The van der Waals surface area contributed by atoms with Gasteiger partial charge in [-0.25, -0.2) is 0 Å². The quantitative estimate of drug-likeness (QED) is 0.531. The molecule has 0 aliphatic carbocycles. The van der Waals surface area contributed by atoms with Gasteiger partial charge >= 0.3 is 5.97 Å². The standard InChI is InChI=1S/C8H14N2O2.2ClH/c1-8(10,7(11)12-2)5-3-4-6-9;;/h5-6,9-10H2,1-2H3;2*1H. The van der Waals surface area contributed by atoms with Crippen LogP contribution in [0.1, 0.15) is 13.3 Å². The van der Waals surface area contributed by atoms with Crippen LogP contribution in [0.25, 0.3) is 0 Å². The molecule has 0 heterocycles. The van der Waals surface area contributed by atoms with E-state index in [-0.39, 0.29) is 37.8 Å². The molecule has 0 aromatic heterocycles. The van der Waals surface area contributed by atoms with Crippen molar-refractivity contribution in [3.63, 3.8) is 0 Å². The summed E-state index contributed by atoms with van der Waals surface area (Å²) in [5, 5.41) is 0. The first-order valence-corrected chi connectivity index (χ1v) is 3.57. The molecule has 0 aromatic rings. The highest BCUT2D eigenvalue weighted by Crippen LogP contribution is 2.05. The molecule has 14 heavy (non-hydrogen) atoms. The SMILES string of the molecule is COC(=O)C(C)(N)CC#CCN.Cl.Cl. The summed E-state index contributed by atoms with van der Waals surface area (Å²) in [6.07, 6.45) is 0.261. The van der Waals surface area contributed by atoms with E-state index in [0.717, 1.165) is 0 Å². The summed E-state index contributed by atoms with van der Waals surface area (Å²) in [4.78, 5) is 11.0. The number of nitrogens with two attached hydrogens (primary N) is 2. The molecule has 4 N–H and O–H groups in total. The number of carbonyl (C=O) groups is 1. The predicted octanol–water partition coefficient (Wildman–Crippen LogP) is 0.0726. The zero-order valence-corrected chi connectivity index (χ0v) is 9.83. The van der Waals surface area contributed by atoms with E-state index in [1.807, 2.05) is 0 Å². The van der Waals surface area contributed by atoms with E-state index in [4.69, 9.17) is 11.5 Å². The lowest BCUT2D eigenvalue weighted by Gasteiger charge is -2.17. The van der Waals surface area contributed by atoms with Crippen LogP contribution < -0.4 is 11.5 Å². The molecule has 4 nitrogen and oxygen atoms in total. The minimum Gasteiger partial charge on any atom is -0.468 e. The first-order valence-electron chi connectivity index (χ1n) is 3.57. The van der Waals surface area contributed by atoms with Gasteiger partial charge in [-0.3, -0.25) is 4.79 Å². The molecule has 0 saturated heterocycles. The van der Waals surface area contributed by atoms with Crippen LogP contribution in [0.3, 0.4) is 0 Å². The van der Waals surface area contributed by atoms with Gasteiger partial charge in [0.15, 0.2) is 0 Å². The number of hydrogen-bond donors (Lipinski definition) is 2. The molecule has 0 aromatic carbocycles. The number of halogens is 2. The third kappa shape index (κ3) is 6.98. The summed E-state index contributed by atoms with van der Waals surface area (Å²) in [5.74, 6) is 4.85. The van der Waals surface area contributed by atoms with Gasteiger partial charge in [0, 0.05) is 6.42 Å². The fraction of sp³-hybridized carbons (Fsp3) is 0.625. The molecule has 0 spiro atoms. The molecular formula is C8H16Cl2N2O2. The van der Waals surface area contributed by atoms with Gasteiger partial charge in [-0.2, -0.15) is 0 Å². The Kier molecular flexibility index (Phi) is 12.5. The molecule has 84 valence electrons. The molecule has 0 rings (SSSR count). The third-order valence-electron chi connectivity index (χ3n) is 1.33. The van der Waals surface area contributed by atoms with Gasteiger partial charge in [-0.15, -0.1) is 24.8 Å². The lowest BCUT2D eigenvalue weighted by atomic mass is 10.0. The topological polar surface area (TPSA) is 78.3 Å². The van der Waals surface area contributed by atoms with Crippen LogP contribution in [-0.2, 0) is 9.53 Å². The van der Waals surface area contributed by atoms with Crippen molar-refractivity contribution in [2.75, 3.05) is 13.7 Å². The molecule has 0 fully saturated rings. The average Bonchev–Trinajstić information content (AvgIpc) is 2.03. The van der Waals surface area contributed by atoms with Crippen LogP contribution in [0.5, 0.6) is 0 Å². The van der Waals surface area contributed by atoms with Crippen LogP contribution in [0.2, 0.25) is 0 Å². The number of esters is 1. The maximum Gasteiger partial charge on any atom is 0.326 e. The molecule has 0 amide bonds. The van der Waals surface area contributed by atoms with Crippen molar-refractivity contribution in [2.45, 2.75) is 18.9 Å². The van der Waals surface area contributed by atoms with Crippen molar-refractivity contribution in [3.8, 4) is 11.8 Å². The van der Waals surface area contributed by atoms with E-state index in [9.17, 15) is 4.79 Å². The highest BCUT2D eigenvalue weighted by molar-refractivity contribution is 5.85. The van der Waals surface area contributed by atoms with E-state index < -0.39 is 11.5 Å². The molecule has 1 unspecified atom stereocenters. The van der Waals surface area contributed by atoms with Crippen molar-refractivity contribution >= 4 is 30.8 Å². The van der Waals surface area contributed by atoms with E-state index in [0.29, 0.717) is 0 Å². The van der Waals surface area contributed by atoms with Crippen molar-refractivity contribution in [1.82, 2.24) is 0 Å². The Bertz CT molecular complexity index is 221. The van der Waals surface area contributed by atoms with Crippen molar-refractivity contribution < 1.29 is 9.53 Å². The van der Waals surface area contributed by atoms with Gasteiger partial charge in [0.1, 0.15) is 5.54 Å². The van der Waals surface area contributed by atoms with Crippen LogP contribution >= 0.6 is 24.8 Å². The van der Waals surface area contributed by atoms with Crippen molar-refractivity contribution in [3.05, 3.63) is 0 Å². The minimum absolute atomic E-state index is 0. The van der Waals surface area contributed by atoms with E-state index >= 15 is 0 Å². The zero-order chi connectivity index (χ0) is 9.61. The van der Waals surface area contributed by atoms with Crippen molar-refractivity contribution in [1.29, 1.82) is 0 Å².